The Morgan fingerprint density at radius 1 is 0.547 bits per heavy atom. The van der Waals surface area contributed by atoms with E-state index in [-0.39, 0.29) is 19.1 Å². The van der Waals surface area contributed by atoms with Gasteiger partial charge in [0.1, 0.15) is 13.2 Å². The highest BCUT2D eigenvalue weighted by molar-refractivity contribution is 7.47. The molecule has 0 aromatic rings. The number of unbranched alkanes of at least 4 members (excludes halogenated alkanes) is 12. The van der Waals surface area contributed by atoms with Gasteiger partial charge in [0.2, 0.25) is 5.91 Å². The number of nitrogens with one attached hydrogen (secondary N) is 1. The second-order valence-electron chi connectivity index (χ2n) is 17.5. The highest BCUT2D eigenvalue weighted by Crippen LogP contribution is 2.43. The van der Waals surface area contributed by atoms with Crippen molar-refractivity contribution in [2.75, 3.05) is 40.9 Å². The molecule has 1 amide bonds. The molecule has 3 atom stereocenters. The number of rotatable bonds is 43. The molecule has 0 heterocycles. The number of nitrogens with zero attached hydrogens (tertiary/aromatic N) is 1. The molecule has 0 saturated heterocycles. The summed E-state index contributed by atoms with van der Waals surface area (Å²) in [5.74, 6) is -0.198. The van der Waals surface area contributed by atoms with Crippen LogP contribution in [0.25, 0.3) is 0 Å². The van der Waals surface area contributed by atoms with Crippen LogP contribution in [0.4, 0.5) is 0 Å². The Morgan fingerprint density at radius 3 is 1.38 bits per heavy atom. The summed E-state index contributed by atoms with van der Waals surface area (Å²) >= 11 is 0. The molecule has 3 unspecified atom stereocenters. The van der Waals surface area contributed by atoms with Gasteiger partial charge < -0.3 is 19.8 Å². The van der Waals surface area contributed by atoms with Gasteiger partial charge in [-0.25, -0.2) is 4.57 Å². The van der Waals surface area contributed by atoms with Crippen LogP contribution in [-0.2, 0) is 18.4 Å². The van der Waals surface area contributed by atoms with Gasteiger partial charge in [0, 0.05) is 6.42 Å². The summed E-state index contributed by atoms with van der Waals surface area (Å²) in [7, 11) is 1.54. The molecule has 0 radical (unpaired) electrons. The summed E-state index contributed by atoms with van der Waals surface area (Å²) in [6, 6.07) is -0.853. The van der Waals surface area contributed by atoms with E-state index in [1.807, 2.05) is 27.2 Å². The third-order valence-electron chi connectivity index (χ3n) is 10.2. The lowest BCUT2D eigenvalue weighted by molar-refractivity contribution is -0.870. The lowest BCUT2D eigenvalue weighted by Crippen LogP contribution is -2.45. The second kappa shape index (κ2) is 45.1. The summed E-state index contributed by atoms with van der Waals surface area (Å²) in [5, 5.41) is 13.6. The molecular weight excluding hydrogens is 816 g/mol. The Labute approximate surface area is 393 Å². The van der Waals surface area contributed by atoms with E-state index in [0.717, 1.165) is 109 Å². The van der Waals surface area contributed by atoms with E-state index in [9.17, 15) is 19.4 Å². The van der Waals surface area contributed by atoms with Crippen LogP contribution >= 0.6 is 7.82 Å². The van der Waals surface area contributed by atoms with Crippen LogP contribution in [0.15, 0.2) is 122 Å². The average Bonchev–Trinajstić information content (AvgIpc) is 3.25. The zero-order chi connectivity index (χ0) is 47.1. The Morgan fingerprint density at radius 2 is 0.938 bits per heavy atom. The van der Waals surface area contributed by atoms with E-state index in [2.05, 4.69) is 129 Å². The largest absolute Gasteiger partial charge is 0.472 e. The van der Waals surface area contributed by atoms with Crippen molar-refractivity contribution in [1.82, 2.24) is 5.32 Å². The fraction of sp³-hybridized carbons (Fsp3) is 0.618. The van der Waals surface area contributed by atoms with Crippen LogP contribution in [0.5, 0.6) is 0 Å². The monoisotopic (exact) mass is 910 g/mol. The van der Waals surface area contributed by atoms with Gasteiger partial charge in [0.05, 0.1) is 39.9 Å². The average molecular weight is 910 g/mol. The molecule has 0 spiro atoms. The van der Waals surface area contributed by atoms with Crippen molar-refractivity contribution in [3.8, 4) is 0 Å². The number of aliphatic hydroxyl groups excluding tert-OH is 1. The first-order chi connectivity index (χ1) is 31.0. The molecule has 0 bridgehead atoms. The number of carbonyl (C=O) groups is 1. The number of quaternary nitrogens is 1. The molecule has 0 aliphatic rings. The Bertz CT molecular complexity index is 1450. The highest BCUT2D eigenvalue weighted by atomic mass is 31.2. The molecule has 64 heavy (non-hydrogen) atoms. The molecule has 0 rings (SSSR count). The van der Waals surface area contributed by atoms with Crippen molar-refractivity contribution in [2.45, 2.75) is 180 Å². The number of amides is 1. The Hall–Kier alpha value is -3.10. The number of phosphoric ester groups is 1. The lowest BCUT2D eigenvalue weighted by Gasteiger charge is -2.25. The maximum atomic E-state index is 12.8. The van der Waals surface area contributed by atoms with Crippen molar-refractivity contribution in [3.05, 3.63) is 122 Å². The van der Waals surface area contributed by atoms with Gasteiger partial charge in [-0.1, -0.05) is 193 Å². The van der Waals surface area contributed by atoms with Gasteiger partial charge >= 0.3 is 7.82 Å². The van der Waals surface area contributed by atoms with Crippen LogP contribution in [0.2, 0.25) is 0 Å². The van der Waals surface area contributed by atoms with Crippen molar-refractivity contribution < 1.29 is 32.9 Å². The normalized spacial score (nSPS) is 15.2. The fourth-order valence-corrected chi connectivity index (χ4v) is 7.00. The first-order valence-corrected chi connectivity index (χ1v) is 26.4. The fourth-order valence-electron chi connectivity index (χ4n) is 6.27. The molecular formula is C55H94N2O6P+. The molecule has 9 heteroatoms. The van der Waals surface area contributed by atoms with Crippen LogP contribution < -0.4 is 5.32 Å². The van der Waals surface area contributed by atoms with E-state index < -0.39 is 20.0 Å². The summed E-state index contributed by atoms with van der Waals surface area (Å²) in [6.45, 7) is 4.55. The van der Waals surface area contributed by atoms with Gasteiger partial charge in [0.25, 0.3) is 0 Å². The van der Waals surface area contributed by atoms with Crippen molar-refractivity contribution in [1.29, 1.82) is 0 Å². The number of phosphoric acid groups is 1. The van der Waals surface area contributed by atoms with Gasteiger partial charge in [-0.3, -0.25) is 13.8 Å². The van der Waals surface area contributed by atoms with E-state index in [0.29, 0.717) is 17.4 Å². The second-order valence-corrected chi connectivity index (χ2v) is 18.9. The maximum absolute atomic E-state index is 12.8. The zero-order valence-corrected chi connectivity index (χ0v) is 42.1. The van der Waals surface area contributed by atoms with Crippen molar-refractivity contribution in [3.63, 3.8) is 0 Å². The topological polar surface area (TPSA) is 105 Å². The van der Waals surface area contributed by atoms with Gasteiger partial charge in [-0.15, -0.1) is 0 Å². The number of likely N-dealkylation sites (N-methyl/N-ethyl adjacent to an activating group) is 1. The van der Waals surface area contributed by atoms with E-state index in [4.69, 9.17) is 9.05 Å². The van der Waals surface area contributed by atoms with Crippen molar-refractivity contribution in [2.24, 2.45) is 0 Å². The predicted molar refractivity (Wildman–Crippen MR) is 276 cm³/mol. The molecule has 3 N–H and O–H groups in total. The summed E-state index contributed by atoms with van der Waals surface area (Å²) < 4.78 is 23.4. The van der Waals surface area contributed by atoms with Crippen LogP contribution in [0.3, 0.4) is 0 Å². The molecule has 0 fully saturated rings. The Balaban J connectivity index is 3.97. The minimum Gasteiger partial charge on any atom is -0.387 e. The Kier molecular flexibility index (Phi) is 42.9. The molecule has 0 aliphatic heterocycles. The van der Waals surface area contributed by atoms with E-state index in [1.165, 1.54) is 38.5 Å². The predicted octanol–water partition coefficient (Wildman–Crippen LogP) is 14.6. The molecule has 0 saturated carbocycles. The summed E-state index contributed by atoms with van der Waals surface area (Å²) in [5.41, 5.74) is 0. The summed E-state index contributed by atoms with van der Waals surface area (Å²) in [4.78, 5) is 23.0. The molecule has 8 nitrogen and oxygen atoms in total. The molecule has 364 valence electrons. The van der Waals surface area contributed by atoms with Gasteiger partial charge in [-0.2, -0.15) is 0 Å². The van der Waals surface area contributed by atoms with Crippen LogP contribution in [0, 0.1) is 0 Å². The minimum absolute atomic E-state index is 0.0532. The van der Waals surface area contributed by atoms with Crippen LogP contribution in [-0.4, -0.2) is 73.4 Å². The molecule has 0 aromatic heterocycles. The maximum Gasteiger partial charge on any atom is 0.472 e. The number of aliphatic hydroxyl groups is 1. The SMILES string of the molecule is CC/C=C\C/C=C\C/C=C\C/C=C\C/C=C\C/C=C\C/C=C\C/C=C\C/C=C\CCCCCCCCCCCC(=O)NC(COP(=O)(O)OCC[N+](C)(C)C)C(O)/C=C/CCCCC. The van der Waals surface area contributed by atoms with E-state index in [1.54, 1.807) is 6.08 Å². The standard InChI is InChI=1S/C55H93N2O6P/c1-6-8-10-12-13-14-15-16-17-18-19-20-21-22-23-24-25-26-27-28-29-30-31-32-33-34-35-36-37-38-39-40-41-42-43-45-47-49-55(59)56-53(54(58)48-46-44-11-9-7-2)52-63-64(60,61)62-51-50-57(3,4)5/h8,10,13-14,16-17,19-20,22-23,25-26,28-29,31-32,34-35,46,48,53-54,58H,6-7,9,11-12,15,18,21,24,27,30,33,36-45,47,49-52H2,1-5H3,(H-,56,59,60,61)/p+1/b10-8-,14-13-,17-16-,20-19-,23-22-,26-25-,29-28-,32-31-,35-34-,48-46+. The number of carbonyl (C=O) groups excluding carboxylic acids is 1. The third-order valence-corrected chi connectivity index (χ3v) is 11.2. The quantitative estimate of drug-likeness (QED) is 0.0244. The lowest BCUT2D eigenvalue weighted by atomic mass is 10.1. The third kappa shape index (κ3) is 46.9. The number of hydrogen-bond donors (Lipinski definition) is 3. The zero-order valence-electron chi connectivity index (χ0n) is 41.2. The number of allylic oxidation sites excluding steroid dienone is 19. The van der Waals surface area contributed by atoms with Crippen LogP contribution in [0.1, 0.15) is 168 Å². The first-order valence-electron chi connectivity index (χ1n) is 24.9. The molecule has 0 aromatic carbocycles. The molecule has 0 aliphatic carbocycles. The van der Waals surface area contributed by atoms with Crippen molar-refractivity contribution >= 4 is 13.7 Å². The van der Waals surface area contributed by atoms with Gasteiger partial charge in [0.15, 0.2) is 0 Å². The number of hydrogen-bond acceptors (Lipinski definition) is 5. The van der Waals surface area contributed by atoms with Gasteiger partial charge in [-0.05, 0) is 89.9 Å². The smallest absolute Gasteiger partial charge is 0.387 e. The first kappa shape index (κ1) is 60.9. The highest BCUT2D eigenvalue weighted by Gasteiger charge is 2.27. The van der Waals surface area contributed by atoms with E-state index >= 15 is 0 Å². The summed E-state index contributed by atoms with van der Waals surface area (Å²) in [6.07, 6.45) is 67.7. The minimum atomic E-state index is -4.33.